The summed E-state index contributed by atoms with van der Waals surface area (Å²) in [5.41, 5.74) is 2.80. The van der Waals surface area contributed by atoms with Crippen molar-refractivity contribution in [1.29, 1.82) is 0 Å². The fraction of sp³-hybridized carbons (Fsp3) is 0.207. The first-order valence-electron chi connectivity index (χ1n) is 11.3. The molecule has 0 spiro atoms. The summed E-state index contributed by atoms with van der Waals surface area (Å²) in [7, 11) is 9.40. The van der Waals surface area contributed by atoms with Crippen LogP contribution in [0.25, 0.3) is 12.2 Å². The first-order chi connectivity index (χ1) is 18.0. The quantitative estimate of drug-likeness (QED) is 0.190. The maximum atomic E-state index is 12.6. The summed E-state index contributed by atoms with van der Waals surface area (Å²) in [5.74, 6) is 3.18. The van der Waals surface area contributed by atoms with Gasteiger partial charge in [-0.1, -0.05) is 12.2 Å². The SMILES string of the molecule is COc1ccc(C(=O)C=CNc2c(C=Cc3cc(OC)c(OC)c(OC)c3)ccc(OC)c2OC)cc1. The topological polar surface area (TPSA) is 84.5 Å². The van der Waals surface area contributed by atoms with E-state index in [9.17, 15) is 4.79 Å². The first-order valence-corrected chi connectivity index (χ1v) is 11.3. The van der Waals surface area contributed by atoms with E-state index in [4.69, 9.17) is 28.4 Å². The molecule has 0 atom stereocenters. The second-order valence-corrected chi connectivity index (χ2v) is 7.63. The minimum Gasteiger partial charge on any atom is -0.497 e. The van der Waals surface area contributed by atoms with Crippen molar-refractivity contribution in [2.24, 2.45) is 0 Å². The minimum atomic E-state index is -0.161. The molecule has 1 N–H and O–H groups in total. The number of carbonyl (C=O) groups is 1. The van der Waals surface area contributed by atoms with E-state index in [0.29, 0.717) is 45.7 Å². The zero-order valence-electron chi connectivity index (χ0n) is 21.8. The number of allylic oxidation sites excluding steroid dienone is 1. The average molecular weight is 506 g/mol. The number of carbonyl (C=O) groups excluding carboxylic acids is 1. The van der Waals surface area contributed by atoms with Crippen LogP contribution in [0.4, 0.5) is 5.69 Å². The van der Waals surface area contributed by atoms with Crippen LogP contribution in [0.5, 0.6) is 34.5 Å². The lowest BCUT2D eigenvalue weighted by Gasteiger charge is -2.15. The monoisotopic (exact) mass is 505 g/mol. The van der Waals surface area contributed by atoms with Gasteiger partial charge in [0, 0.05) is 23.4 Å². The molecular formula is C29H31NO7. The third-order valence-corrected chi connectivity index (χ3v) is 5.56. The standard InChI is InChI=1S/C29H31NO7/c1-32-22-12-9-20(10-13-22)23(31)15-16-30-27-21(11-14-24(33-2)29(27)37-6)8-7-19-17-25(34-3)28(36-5)26(18-19)35-4/h7-18,30H,1-6H3. The van der Waals surface area contributed by atoms with Gasteiger partial charge in [0.2, 0.25) is 5.75 Å². The lowest BCUT2D eigenvalue weighted by Crippen LogP contribution is -2.01. The predicted octanol–water partition coefficient (Wildman–Crippen LogP) is 5.72. The number of nitrogens with one attached hydrogen (secondary N) is 1. The molecule has 8 heteroatoms. The molecule has 0 aromatic heterocycles. The molecule has 0 aliphatic carbocycles. The molecule has 0 amide bonds. The Morgan fingerprint density at radius 3 is 1.84 bits per heavy atom. The molecule has 0 fully saturated rings. The van der Waals surface area contributed by atoms with E-state index in [1.54, 1.807) is 73.1 Å². The molecule has 0 aliphatic rings. The van der Waals surface area contributed by atoms with Gasteiger partial charge in [0.25, 0.3) is 0 Å². The average Bonchev–Trinajstić information content (AvgIpc) is 2.95. The lowest BCUT2D eigenvalue weighted by molar-refractivity contribution is 0.104. The second kappa shape index (κ2) is 12.9. The van der Waals surface area contributed by atoms with Crippen molar-refractivity contribution >= 4 is 23.6 Å². The molecular weight excluding hydrogens is 474 g/mol. The van der Waals surface area contributed by atoms with Crippen LogP contribution in [0.1, 0.15) is 21.5 Å². The predicted molar refractivity (Wildman–Crippen MR) is 145 cm³/mol. The number of benzene rings is 3. The Kier molecular flexibility index (Phi) is 9.43. The Morgan fingerprint density at radius 2 is 1.30 bits per heavy atom. The largest absolute Gasteiger partial charge is 0.497 e. The van der Waals surface area contributed by atoms with Crippen molar-refractivity contribution < 1.29 is 33.2 Å². The molecule has 37 heavy (non-hydrogen) atoms. The maximum absolute atomic E-state index is 12.6. The Bertz CT molecular complexity index is 1260. The van der Waals surface area contributed by atoms with Crippen LogP contribution in [0, 0.1) is 0 Å². The van der Waals surface area contributed by atoms with E-state index in [-0.39, 0.29) is 5.78 Å². The van der Waals surface area contributed by atoms with Crippen molar-refractivity contribution in [3.8, 4) is 34.5 Å². The highest BCUT2D eigenvalue weighted by Gasteiger charge is 2.15. The molecule has 194 valence electrons. The van der Waals surface area contributed by atoms with Gasteiger partial charge >= 0.3 is 0 Å². The van der Waals surface area contributed by atoms with Crippen LogP contribution in [0.3, 0.4) is 0 Å². The molecule has 3 rings (SSSR count). The number of hydrogen-bond donors (Lipinski definition) is 1. The number of ether oxygens (including phenoxy) is 6. The number of methoxy groups -OCH3 is 6. The molecule has 3 aromatic carbocycles. The van der Waals surface area contributed by atoms with Gasteiger partial charge in [-0.05, 0) is 54.1 Å². The fourth-order valence-corrected chi connectivity index (χ4v) is 3.67. The summed E-state index contributed by atoms with van der Waals surface area (Å²) in [6, 6.07) is 14.3. The summed E-state index contributed by atoms with van der Waals surface area (Å²) in [4.78, 5) is 12.6. The Labute approximate surface area is 217 Å². The Hall–Kier alpha value is -4.59. The number of ketones is 1. The van der Waals surface area contributed by atoms with Gasteiger partial charge in [-0.25, -0.2) is 0 Å². The summed E-state index contributed by atoms with van der Waals surface area (Å²) in [6.45, 7) is 0. The number of hydrogen-bond acceptors (Lipinski definition) is 8. The molecule has 0 saturated heterocycles. The highest BCUT2D eigenvalue weighted by molar-refractivity contribution is 6.04. The molecule has 0 saturated carbocycles. The highest BCUT2D eigenvalue weighted by Crippen LogP contribution is 2.40. The zero-order chi connectivity index (χ0) is 26.8. The zero-order valence-corrected chi connectivity index (χ0v) is 21.8. The van der Waals surface area contributed by atoms with Crippen LogP contribution in [0.2, 0.25) is 0 Å². The molecule has 0 unspecified atom stereocenters. The highest BCUT2D eigenvalue weighted by atomic mass is 16.5. The number of rotatable bonds is 12. The summed E-state index contributed by atoms with van der Waals surface area (Å²) in [6.07, 6.45) is 6.83. The van der Waals surface area contributed by atoms with E-state index in [0.717, 1.165) is 11.1 Å². The molecule has 3 aromatic rings. The number of anilines is 1. The van der Waals surface area contributed by atoms with Crippen molar-refractivity contribution in [1.82, 2.24) is 0 Å². The molecule has 0 bridgehead atoms. The maximum Gasteiger partial charge on any atom is 0.203 e. The van der Waals surface area contributed by atoms with Gasteiger partial charge in [0.05, 0.1) is 48.3 Å². The molecule has 0 heterocycles. The van der Waals surface area contributed by atoms with Gasteiger partial charge in [0.15, 0.2) is 28.8 Å². The van der Waals surface area contributed by atoms with E-state index < -0.39 is 0 Å². The van der Waals surface area contributed by atoms with Gasteiger partial charge in [-0.2, -0.15) is 0 Å². The van der Waals surface area contributed by atoms with Crippen LogP contribution < -0.4 is 33.7 Å². The van der Waals surface area contributed by atoms with Crippen LogP contribution in [-0.4, -0.2) is 48.4 Å². The summed E-state index contributed by atoms with van der Waals surface area (Å²) < 4.78 is 32.5. The van der Waals surface area contributed by atoms with Crippen molar-refractivity contribution in [2.75, 3.05) is 48.0 Å². The van der Waals surface area contributed by atoms with Crippen molar-refractivity contribution in [3.05, 3.63) is 77.5 Å². The third kappa shape index (κ3) is 6.35. The van der Waals surface area contributed by atoms with E-state index >= 15 is 0 Å². The van der Waals surface area contributed by atoms with Gasteiger partial charge in [-0.15, -0.1) is 0 Å². The molecule has 0 radical (unpaired) electrons. The molecule has 0 aliphatic heterocycles. The first kappa shape index (κ1) is 27.0. The Morgan fingerprint density at radius 1 is 0.676 bits per heavy atom. The normalized spacial score (nSPS) is 10.9. The van der Waals surface area contributed by atoms with Gasteiger partial charge in [-0.3, -0.25) is 4.79 Å². The summed E-state index contributed by atoms with van der Waals surface area (Å²) in [5, 5.41) is 3.18. The van der Waals surface area contributed by atoms with Crippen molar-refractivity contribution in [3.63, 3.8) is 0 Å². The lowest BCUT2D eigenvalue weighted by atomic mass is 10.1. The van der Waals surface area contributed by atoms with E-state index in [2.05, 4.69) is 5.32 Å². The third-order valence-electron chi connectivity index (χ3n) is 5.56. The summed E-state index contributed by atoms with van der Waals surface area (Å²) >= 11 is 0. The van der Waals surface area contributed by atoms with Crippen LogP contribution in [-0.2, 0) is 0 Å². The molecule has 8 nitrogen and oxygen atoms in total. The van der Waals surface area contributed by atoms with Crippen molar-refractivity contribution in [2.45, 2.75) is 0 Å². The van der Waals surface area contributed by atoms with Crippen LogP contribution >= 0.6 is 0 Å². The Balaban J connectivity index is 1.93. The van der Waals surface area contributed by atoms with Gasteiger partial charge < -0.3 is 33.7 Å². The fourth-order valence-electron chi connectivity index (χ4n) is 3.67. The second-order valence-electron chi connectivity index (χ2n) is 7.63. The van der Waals surface area contributed by atoms with Gasteiger partial charge in [0.1, 0.15) is 5.75 Å². The minimum absolute atomic E-state index is 0.161. The smallest absolute Gasteiger partial charge is 0.203 e. The van der Waals surface area contributed by atoms with Crippen LogP contribution in [0.15, 0.2) is 60.8 Å². The van der Waals surface area contributed by atoms with E-state index in [1.165, 1.54) is 6.08 Å². The van der Waals surface area contributed by atoms with E-state index in [1.807, 2.05) is 36.4 Å².